The smallest absolute Gasteiger partial charge is 0.342 e. The molecule has 1 fully saturated rings. The fourth-order valence-corrected chi connectivity index (χ4v) is 4.05. The summed E-state index contributed by atoms with van der Waals surface area (Å²) in [7, 11) is 0. The van der Waals surface area contributed by atoms with Crippen molar-refractivity contribution < 1.29 is 38.2 Å². The Morgan fingerprint density at radius 2 is 1.97 bits per heavy atom. The van der Waals surface area contributed by atoms with Crippen LogP contribution in [0.1, 0.15) is 50.2 Å². The maximum Gasteiger partial charge on any atom is 0.342 e. The summed E-state index contributed by atoms with van der Waals surface area (Å²) in [4.78, 5) is 72.4. The van der Waals surface area contributed by atoms with E-state index in [0.717, 1.165) is 11.1 Å². The third-order valence-electron chi connectivity index (χ3n) is 5.82. The highest BCUT2D eigenvalue weighted by atomic mass is 16.7. The molecule has 0 spiro atoms. The van der Waals surface area contributed by atoms with Crippen LogP contribution in [0.2, 0.25) is 0 Å². The number of amides is 4. The molecule has 1 unspecified atom stereocenters. The van der Waals surface area contributed by atoms with Crippen LogP contribution in [-0.2, 0) is 41.7 Å². The fourth-order valence-electron chi connectivity index (χ4n) is 4.05. The van der Waals surface area contributed by atoms with Gasteiger partial charge >= 0.3 is 5.97 Å². The number of nitrogens with zero attached hydrogens (tertiary/aromatic N) is 1. The van der Waals surface area contributed by atoms with Gasteiger partial charge in [-0.05, 0) is 35.7 Å². The van der Waals surface area contributed by atoms with Crippen LogP contribution in [0.25, 0.3) is 0 Å². The molecule has 1 saturated heterocycles. The molecule has 4 amide bonds. The molecule has 1 atom stereocenters. The zero-order chi connectivity index (χ0) is 26.4. The van der Waals surface area contributed by atoms with Gasteiger partial charge in [-0.3, -0.25) is 29.3 Å². The molecule has 2 aromatic carbocycles. The van der Waals surface area contributed by atoms with Crippen LogP contribution in [0, 0.1) is 11.8 Å². The normalized spacial score (nSPS) is 16.2. The number of carbonyl (C=O) groups is 6. The number of benzene rings is 2. The maximum absolute atomic E-state index is 12.8. The van der Waals surface area contributed by atoms with Crippen molar-refractivity contribution in [2.24, 2.45) is 0 Å². The topological polar surface area (TPSA) is 148 Å². The number of carbonyl (C=O) groups excluding carboxylic acids is 6. The average molecular weight is 503 g/mol. The van der Waals surface area contributed by atoms with Gasteiger partial charge in [-0.15, -0.1) is 0 Å². The van der Waals surface area contributed by atoms with E-state index >= 15 is 0 Å². The van der Waals surface area contributed by atoms with Gasteiger partial charge in [0.05, 0.1) is 5.56 Å². The molecular weight excluding hydrogens is 482 g/mol. The molecule has 0 saturated carbocycles. The lowest BCUT2D eigenvalue weighted by molar-refractivity contribution is -0.138. The van der Waals surface area contributed by atoms with E-state index in [0.29, 0.717) is 5.56 Å². The van der Waals surface area contributed by atoms with Crippen LogP contribution in [0.15, 0.2) is 42.5 Å². The number of hydrogen-bond acceptors (Lipinski definition) is 8. The lowest BCUT2D eigenvalue weighted by Crippen LogP contribution is -2.52. The fraction of sp³-hybridized carbons (Fsp3) is 0.231. The quantitative estimate of drug-likeness (QED) is 0.138. The Labute approximate surface area is 211 Å². The monoisotopic (exact) mass is 503 g/mol. The van der Waals surface area contributed by atoms with E-state index in [1.807, 2.05) is 0 Å². The van der Waals surface area contributed by atoms with E-state index in [-0.39, 0.29) is 55.3 Å². The van der Waals surface area contributed by atoms with Crippen LogP contribution in [0.3, 0.4) is 0 Å². The van der Waals surface area contributed by atoms with Gasteiger partial charge in [-0.2, -0.15) is 0 Å². The molecule has 2 N–H and O–H groups in total. The van der Waals surface area contributed by atoms with E-state index in [9.17, 15) is 28.8 Å². The summed E-state index contributed by atoms with van der Waals surface area (Å²) in [6, 6.07) is 10.7. The Kier molecular flexibility index (Phi) is 7.59. The summed E-state index contributed by atoms with van der Waals surface area (Å²) in [5, 5.41) is 4.93. The Morgan fingerprint density at radius 1 is 1.16 bits per heavy atom. The molecule has 0 aromatic heterocycles. The summed E-state index contributed by atoms with van der Waals surface area (Å²) in [5.74, 6) is 2.60. The molecule has 0 bridgehead atoms. The number of piperidine rings is 1. The molecule has 2 aliphatic rings. The lowest BCUT2D eigenvalue weighted by atomic mass is 10.0. The molecular formula is C26H21N3O8. The van der Waals surface area contributed by atoms with E-state index in [2.05, 4.69) is 27.2 Å². The second-order valence-electron chi connectivity index (χ2n) is 8.18. The number of fused-ring (bicyclic) bond motifs is 1. The van der Waals surface area contributed by atoms with Crippen molar-refractivity contribution in [3.8, 4) is 11.8 Å². The number of rotatable bonds is 7. The second-order valence-corrected chi connectivity index (χ2v) is 8.18. The van der Waals surface area contributed by atoms with Crippen molar-refractivity contribution in [3.05, 3.63) is 70.3 Å². The van der Waals surface area contributed by atoms with Gasteiger partial charge in [0.15, 0.2) is 0 Å². The highest BCUT2D eigenvalue weighted by Gasteiger charge is 2.39. The Balaban J connectivity index is 1.37. The number of nitrogens with one attached hydrogen (secondary N) is 2. The molecule has 188 valence electrons. The SMILES string of the molecule is O=COCOC(=O)c1ccccc1C#CC(=O)NCc1ccc2c(c1)CN(C1CCC(=O)NC1=O)C2=O. The predicted octanol–water partition coefficient (Wildman–Crippen LogP) is 0.403. The van der Waals surface area contributed by atoms with E-state index in [1.54, 1.807) is 36.4 Å². The number of imide groups is 1. The summed E-state index contributed by atoms with van der Waals surface area (Å²) >= 11 is 0. The first-order valence-electron chi connectivity index (χ1n) is 11.2. The number of hydrogen-bond donors (Lipinski definition) is 2. The van der Waals surface area contributed by atoms with E-state index in [4.69, 9.17) is 4.74 Å². The minimum atomic E-state index is -0.758. The van der Waals surface area contributed by atoms with Crippen molar-refractivity contribution in [2.75, 3.05) is 6.79 Å². The molecule has 2 aromatic rings. The van der Waals surface area contributed by atoms with Crippen molar-refractivity contribution >= 4 is 36.1 Å². The molecule has 0 aliphatic carbocycles. The first-order chi connectivity index (χ1) is 17.9. The molecule has 2 heterocycles. The van der Waals surface area contributed by atoms with Crippen molar-refractivity contribution in [1.82, 2.24) is 15.5 Å². The van der Waals surface area contributed by atoms with Crippen molar-refractivity contribution in [1.29, 1.82) is 0 Å². The van der Waals surface area contributed by atoms with Gasteiger partial charge in [-0.25, -0.2) is 4.79 Å². The molecule has 4 rings (SSSR count). The van der Waals surface area contributed by atoms with Crippen molar-refractivity contribution in [3.63, 3.8) is 0 Å². The number of ether oxygens (including phenoxy) is 2. The van der Waals surface area contributed by atoms with Crippen LogP contribution >= 0.6 is 0 Å². The summed E-state index contributed by atoms with van der Waals surface area (Å²) < 4.78 is 9.14. The van der Waals surface area contributed by atoms with Gasteiger partial charge in [0.1, 0.15) is 6.04 Å². The summed E-state index contributed by atoms with van der Waals surface area (Å²) in [6.07, 6.45) is 0.453. The van der Waals surface area contributed by atoms with E-state index < -0.39 is 30.6 Å². The van der Waals surface area contributed by atoms with Crippen LogP contribution in [-0.4, -0.2) is 53.8 Å². The third-order valence-corrected chi connectivity index (χ3v) is 5.82. The molecule has 37 heavy (non-hydrogen) atoms. The standard InChI is InChI=1S/C26H21N3O8/c30-14-36-15-37-26(35)20-4-2-1-3-17(20)6-9-22(31)27-12-16-5-7-19-18(11-16)13-29(25(19)34)21-8-10-23(32)28-24(21)33/h1-5,7,11,14,21H,8,10,12-13,15H2,(H,27,31)(H,28,32,33). The van der Waals surface area contributed by atoms with Gasteiger partial charge in [-0.1, -0.05) is 30.2 Å². The van der Waals surface area contributed by atoms with Gasteiger partial charge in [0.25, 0.3) is 18.3 Å². The molecule has 0 radical (unpaired) electrons. The van der Waals surface area contributed by atoms with E-state index in [1.165, 1.54) is 11.0 Å². The van der Waals surface area contributed by atoms with Crippen LogP contribution < -0.4 is 10.6 Å². The zero-order valence-electron chi connectivity index (χ0n) is 19.4. The predicted molar refractivity (Wildman–Crippen MR) is 125 cm³/mol. The minimum absolute atomic E-state index is 0.112. The Hall–Kier alpha value is -4.98. The molecule has 2 aliphatic heterocycles. The van der Waals surface area contributed by atoms with Crippen molar-refractivity contribution in [2.45, 2.75) is 32.0 Å². The first kappa shape index (κ1) is 25.1. The largest absolute Gasteiger partial charge is 0.430 e. The highest BCUT2D eigenvalue weighted by Crippen LogP contribution is 2.28. The van der Waals surface area contributed by atoms with Gasteiger partial charge < -0.3 is 19.7 Å². The maximum atomic E-state index is 12.8. The third kappa shape index (κ3) is 5.82. The molecule has 11 heteroatoms. The summed E-state index contributed by atoms with van der Waals surface area (Å²) in [6.45, 7) is -0.0221. The first-order valence-corrected chi connectivity index (χ1v) is 11.2. The average Bonchev–Trinajstić information content (AvgIpc) is 3.21. The van der Waals surface area contributed by atoms with Crippen LogP contribution in [0.4, 0.5) is 0 Å². The van der Waals surface area contributed by atoms with Gasteiger partial charge in [0, 0.05) is 36.6 Å². The zero-order valence-corrected chi connectivity index (χ0v) is 19.4. The van der Waals surface area contributed by atoms with Gasteiger partial charge in [0.2, 0.25) is 18.6 Å². The highest BCUT2D eigenvalue weighted by molar-refractivity contribution is 6.05. The Morgan fingerprint density at radius 3 is 2.76 bits per heavy atom. The summed E-state index contributed by atoms with van der Waals surface area (Å²) in [5.41, 5.74) is 2.30. The lowest BCUT2D eigenvalue weighted by Gasteiger charge is -2.29. The number of esters is 1. The minimum Gasteiger partial charge on any atom is -0.430 e. The molecule has 11 nitrogen and oxygen atoms in total. The second kappa shape index (κ2) is 11.2. The Bertz CT molecular complexity index is 1360. The van der Waals surface area contributed by atoms with Crippen LogP contribution in [0.5, 0.6) is 0 Å².